The first-order valence-electron chi connectivity index (χ1n) is 6.71. The van der Waals surface area contributed by atoms with Crippen LogP contribution < -0.4 is 11.1 Å². The number of anilines is 1. The average molecular weight is 269 g/mol. The molecule has 1 atom stereocenters. The van der Waals surface area contributed by atoms with Crippen LogP contribution in [0.15, 0.2) is 48.7 Å². The summed E-state index contributed by atoms with van der Waals surface area (Å²) in [5, 5.41) is 2.90. The molecule has 1 aromatic heterocycles. The van der Waals surface area contributed by atoms with Gasteiger partial charge in [0.2, 0.25) is 0 Å². The van der Waals surface area contributed by atoms with Crippen molar-refractivity contribution in [3.05, 3.63) is 59.8 Å². The van der Waals surface area contributed by atoms with E-state index in [-0.39, 0.29) is 5.91 Å². The Kier molecular flexibility index (Phi) is 4.71. The highest BCUT2D eigenvalue weighted by molar-refractivity contribution is 5.94. The van der Waals surface area contributed by atoms with Gasteiger partial charge >= 0.3 is 0 Å². The first-order valence-corrected chi connectivity index (χ1v) is 6.71. The zero-order chi connectivity index (χ0) is 14.4. The Morgan fingerprint density at radius 3 is 2.75 bits per heavy atom. The fourth-order valence-corrected chi connectivity index (χ4v) is 2.04. The minimum Gasteiger partial charge on any atom is -0.384 e. The lowest BCUT2D eigenvalue weighted by atomic mass is 9.98. The molecule has 3 N–H and O–H groups in total. The summed E-state index contributed by atoms with van der Waals surface area (Å²) in [4.78, 5) is 15.8. The Balaban J connectivity index is 1.83. The SMILES string of the molecule is CC(CCNC(=O)c1ccnc(N)c1)c1ccccc1. The highest BCUT2D eigenvalue weighted by Gasteiger charge is 2.08. The lowest BCUT2D eigenvalue weighted by Gasteiger charge is -2.12. The zero-order valence-corrected chi connectivity index (χ0v) is 11.5. The zero-order valence-electron chi connectivity index (χ0n) is 11.5. The minimum absolute atomic E-state index is 0.112. The summed E-state index contributed by atoms with van der Waals surface area (Å²) in [7, 11) is 0. The first kappa shape index (κ1) is 14.1. The molecule has 0 bridgehead atoms. The molecule has 4 heteroatoms. The third-order valence-corrected chi connectivity index (χ3v) is 3.27. The number of benzene rings is 1. The number of hydrogen-bond donors (Lipinski definition) is 2. The molecule has 0 saturated carbocycles. The number of nitrogens with one attached hydrogen (secondary N) is 1. The Morgan fingerprint density at radius 2 is 2.05 bits per heavy atom. The van der Waals surface area contributed by atoms with Crippen molar-refractivity contribution >= 4 is 11.7 Å². The van der Waals surface area contributed by atoms with Crippen molar-refractivity contribution in [2.45, 2.75) is 19.3 Å². The number of pyridine rings is 1. The number of carbonyl (C=O) groups is 1. The van der Waals surface area contributed by atoms with Crippen LogP contribution in [-0.4, -0.2) is 17.4 Å². The lowest BCUT2D eigenvalue weighted by Crippen LogP contribution is -2.25. The summed E-state index contributed by atoms with van der Waals surface area (Å²) >= 11 is 0. The van der Waals surface area contributed by atoms with Gasteiger partial charge in [-0.2, -0.15) is 0 Å². The van der Waals surface area contributed by atoms with Gasteiger partial charge in [-0.15, -0.1) is 0 Å². The Bertz CT molecular complexity index is 569. The van der Waals surface area contributed by atoms with Gasteiger partial charge in [-0.1, -0.05) is 37.3 Å². The largest absolute Gasteiger partial charge is 0.384 e. The minimum atomic E-state index is -0.112. The summed E-state index contributed by atoms with van der Waals surface area (Å²) < 4.78 is 0. The molecule has 1 heterocycles. The molecule has 0 fully saturated rings. The van der Waals surface area contributed by atoms with Gasteiger partial charge in [-0.3, -0.25) is 4.79 Å². The fourth-order valence-electron chi connectivity index (χ4n) is 2.04. The molecule has 0 aliphatic heterocycles. The molecule has 0 radical (unpaired) electrons. The molecule has 20 heavy (non-hydrogen) atoms. The molecule has 1 aromatic carbocycles. The van der Waals surface area contributed by atoms with Crippen LogP contribution in [0.1, 0.15) is 35.2 Å². The van der Waals surface area contributed by atoms with E-state index in [9.17, 15) is 4.79 Å². The molecule has 104 valence electrons. The lowest BCUT2D eigenvalue weighted by molar-refractivity contribution is 0.0952. The van der Waals surface area contributed by atoms with Crippen LogP contribution in [0.3, 0.4) is 0 Å². The number of nitrogen functional groups attached to an aromatic ring is 1. The smallest absolute Gasteiger partial charge is 0.251 e. The number of rotatable bonds is 5. The average Bonchev–Trinajstić information content (AvgIpc) is 2.48. The van der Waals surface area contributed by atoms with E-state index < -0.39 is 0 Å². The van der Waals surface area contributed by atoms with E-state index in [1.54, 1.807) is 12.1 Å². The van der Waals surface area contributed by atoms with Gasteiger partial charge in [0, 0.05) is 18.3 Å². The second kappa shape index (κ2) is 6.70. The molecule has 1 amide bonds. The molecule has 4 nitrogen and oxygen atoms in total. The highest BCUT2D eigenvalue weighted by atomic mass is 16.1. The second-order valence-electron chi connectivity index (χ2n) is 4.83. The molecule has 0 aliphatic rings. The van der Waals surface area contributed by atoms with Gasteiger partial charge in [0.25, 0.3) is 5.91 Å². The molecular weight excluding hydrogens is 250 g/mol. The molecule has 2 aromatic rings. The number of nitrogens with zero attached hydrogens (tertiary/aromatic N) is 1. The first-order chi connectivity index (χ1) is 9.66. The fraction of sp³-hybridized carbons (Fsp3) is 0.250. The monoisotopic (exact) mass is 269 g/mol. The predicted molar refractivity (Wildman–Crippen MR) is 80.5 cm³/mol. The summed E-state index contributed by atoms with van der Waals surface area (Å²) in [6.45, 7) is 2.79. The summed E-state index contributed by atoms with van der Waals surface area (Å²) in [6, 6.07) is 13.5. The molecular formula is C16H19N3O. The Morgan fingerprint density at radius 1 is 1.30 bits per heavy atom. The van der Waals surface area contributed by atoms with Crippen LogP contribution >= 0.6 is 0 Å². The van der Waals surface area contributed by atoms with Crippen molar-refractivity contribution < 1.29 is 4.79 Å². The van der Waals surface area contributed by atoms with Gasteiger partial charge in [-0.25, -0.2) is 4.98 Å². The maximum atomic E-state index is 11.9. The van der Waals surface area contributed by atoms with Gasteiger partial charge in [-0.05, 0) is 30.0 Å². The van der Waals surface area contributed by atoms with Crippen LogP contribution in [0.25, 0.3) is 0 Å². The molecule has 0 aliphatic carbocycles. The van der Waals surface area contributed by atoms with Crippen molar-refractivity contribution in [2.24, 2.45) is 0 Å². The summed E-state index contributed by atoms with van der Waals surface area (Å²) in [5.41, 5.74) is 7.39. The number of aromatic nitrogens is 1. The summed E-state index contributed by atoms with van der Waals surface area (Å²) in [5.74, 6) is 0.661. The van der Waals surface area contributed by atoms with E-state index in [0.29, 0.717) is 23.8 Å². The molecule has 2 rings (SSSR count). The van der Waals surface area contributed by atoms with Gasteiger partial charge in [0.1, 0.15) is 5.82 Å². The van der Waals surface area contributed by atoms with E-state index in [1.807, 2.05) is 18.2 Å². The van der Waals surface area contributed by atoms with Crippen molar-refractivity contribution in [2.75, 3.05) is 12.3 Å². The van der Waals surface area contributed by atoms with Crippen molar-refractivity contribution in [1.29, 1.82) is 0 Å². The van der Waals surface area contributed by atoms with Crippen molar-refractivity contribution in [3.8, 4) is 0 Å². The Hall–Kier alpha value is -2.36. The predicted octanol–water partition coefficient (Wildman–Crippen LogP) is 2.59. The standard InChI is InChI=1S/C16H19N3O/c1-12(13-5-3-2-4-6-13)7-9-19-16(20)14-8-10-18-15(17)11-14/h2-6,8,10-12H,7,9H2,1H3,(H2,17,18)(H,19,20). The molecule has 0 saturated heterocycles. The van der Waals surface area contributed by atoms with E-state index >= 15 is 0 Å². The second-order valence-corrected chi connectivity index (χ2v) is 4.83. The summed E-state index contributed by atoms with van der Waals surface area (Å²) in [6.07, 6.45) is 2.44. The Labute approximate surface area is 119 Å². The van der Waals surface area contributed by atoms with Crippen molar-refractivity contribution in [3.63, 3.8) is 0 Å². The van der Waals surface area contributed by atoms with Crippen LogP contribution in [0.2, 0.25) is 0 Å². The van der Waals surface area contributed by atoms with Crippen LogP contribution in [0.5, 0.6) is 0 Å². The maximum absolute atomic E-state index is 11.9. The third-order valence-electron chi connectivity index (χ3n) is 3.27. The van der Waals surface area contributed by atoms with E-state index in [1.165, 1.54) is 11.8 Å². The number of hydrogen-bond acceptors (Lipinski definition) is 3. The third kappa shape index (κ3) is 3.82. The van der Waals surface area contributed by atoms with E-state index in [0.717, 1.165) is 6.42 Å². The molecule has 0 spiro atoms. The topological polar surface area (TPSA) is 68.0 Å². The quantitative estimate of drug-likeness (QED) is 0.876. The van der Waals surface area contributed by atoms with E-state index in [4.69, 9.17) is 5.73 Å². The van der Waals surface area contributed by atoms with Gasteiger partial charge in [0.05, 0.1) is 0 Å². The van der Waals surface area contributed by atoms with Crippen LogP contribution in [0, 0.1) is 0 Å². The molecule has 1 unspecified atom stereocenters. The van der Waals surface area contributed by atoms with Crippen molar-refractivity contribution in [1.82, 2.24) is 10.3 Å². The highest BCUT2D eigenvalue weighted by Crippen LogP contribution is 2.17. The van der Waals surface area contributed by atoms with Gasteiger partial charge in [0.15, 0.2) is 0 Å². The van der Waals surface area contributed by atoms with Gasteiger partial charge < -0.3 is 11.1 Å². The van der Waals surface area contributed by atoms with E-state index in [2.05, 4.69) is 29.4 Å². The number of amides is 1. The number of carbonyl (C=O) groups excluding carboxylic acids is 1. The maximum Gasteiger partial charge on any atom is 0.251 e. The van der Waals surface area contributed by atoms with Crippen LogP contribution in [-0.2, 0) is 0 Å². The number of nitrogens with two attached hydrogens (primary N) is 1. The van der Waals surface area contributed by atoms with Crippen LogP contribution in [0.4, 0.5) is 5.82 Å². The normalized spacial score (nSPS) is 11.8.